The number of nitrogens with one attached hydrogen (secondary N) is 2. The van der Waals surface area contributed by atoms with Gasteiger partial charge in [0, 0.05) is 17.0 Å². The van der Waals surface area contributed by atoms with Gasteiger partial charge in [-0.25, -0.2) is 0 Å². The van der Waals surface area contributed by atoms with E-state index in [0.717, 1.165) is 31.2 Å². The molecule has 0 bridgehead atoms. The fraction of sp³-hybridized carbons (Fsp3) is 0.667. The van der Waals surface area contributed by atoms with Gasteiger partial charge in [0.25, 0.3) is 0 Å². The number of carbonyl (C=O) groups excluding carboxylic acids is 2. The summed E-state index contributed by atoms with van der Waals surface area (Å²) < 4.78 is 0.0482. The molecule has 6 nitrogen and oxygen atoms in total. The molecular weight excluding hydrogens is 484 g/mol. The van der Waals surface area contributed by atoms with Crippen LogP contribution in [0.1, 0.15) is 71.8 Å². The highest BCUT2D eigenvalue weighted by molar-refractivity contribution is 8.00. The zero-order valence-corrected chi connectivity index (χ0v) is 23.9. The van der Waals surface area contributed by atoms with Gasteiger partial charge in [-0.3, -0.25) is 9.59 Å². The van der Waals surface area contributed by atoms with Crippen molar-refractivity contribution in [1.82, 2.24) is 10.6 Å². The van der Waals surface area contributed by atoms with Crippen molar-refractivity contribution in [3.8, 4) is 0 Å². The van der Waals surface area contributed by atoms with Gasteiger partial charge in [-0.05, 0) is 24.3 Å². The van der Waals surface area contributed by atoms with E-state index in [4.69, 9.17) is 0 Å². The maximum Gasteiger partial charge on any atom is 0.224 e. The van der Waals surface area contributed by atoms with Gasteiger partial charge < -0.3 is 20.8 Å². The Morgan fingerprint density at radius 3 is 2.35 bits per heavy atom. The van der Waals surface area contributed by atoms with Crippen molar-refractivity contribution in [3.63, 3.8) is 0 Å². The van der Waals surface area contributed by atoms with E-state index in [2.05, 4.69) is 38.0 Å². The molecule has 1 aliphatic carbocycles. The summed E-state index contributed by atoms with van der Waals surface area (Å²) in [6.45, 7) is 12.0. The zero-order chi connectivity index (χ0) is 27.4. The summed E-state index contributed by atoms with van der Waals surface area (Å²) in [6.07, 6.45) is 6.04. The van der Waals surface area contributed by atoms with Crippen molar-refractivity contribution in [2.75, 3.05) is 12.3 Å². The molecule has 1 aliphatic rings. The lowest BCUT2D eigenvalue weighted by Gasteiger charge is -2.32. The lowest BCUT2D eigenvalue weighted by Crippen LogP contribution is -2.51. The molecule has 1 fully saturated rings. The Balaban J connectivity index is 1.97. The van der Waals surface area contributed by atoms with Crippen molar-refractivity contribution in [2.45, 2.75) is 95.6 Å². The van der Waals surface area contributed by atoms with Crippen molar-refractivity contribution in [1.29, 1.82) is 0 Å². The van der Waals surface area contributed by atoms with Crippen LogP contribution in [0.15, 0.2) is 43.0 Å². The summed E-state index contributed by atoms with van der Waals surface area (Å²) in [5.41, 5.74) is 1.11. The van der Waals surface area contributed by atoms with Crippen molar-refractivity contribution in [3.05, 3.63) is 48.6 Å². The van der Waals surface area contributed by atoms with Crippen LogP contribution in [-0.2, 0) is 16.0 Å². The lowest BCUT2D eigenvalue weighted by atomic mass is 9.83. The summed E-state index contributed by atoms with van der Waals surface area (Å²) in [5.74, 6) is 0.143. The normalized spacial score (nSPS) is 18.8. The fourth-order valence-electron chi connectivity index (χ4n) is 4.74. The molecule has 37 heavy (non-hydrogen) atoms. The Morgan fingerprint density at radius 1 is 1.11 bits per heavy atom. The summed E-state index contributed by atoms with van der Waals surface area (Å²) >= 11 is 1.76. The number of aliphatic hydroxyl groups is 2. The van der Waals surface area contributed by atoms with Crippen LogP contribution in [0.4, 0.5) is 0 Å². The molecule has 2 amide bonds. The van der Waals surface area contributed by atoms with E-state index in [1.165, 1.54) is 12.5 Å². The van der Waals surface area contributed by atoms with E-state index < -0.39 is 24.2 Å². The van der Waals surface area contributed by atoms with Crippen LogP contribution in [0.3, 0.4) is 0 Å². The molecule has 0 aliphatic heterocycles. The zero-order valence-electron chi connectivity index (χ0n) is 23.1. The number of aliphatic hydroxyl groups excluding tert-OH is 2. The third-order valence-corrected chi connectivity index (χ3v) is 8.52. The van der Waals surface area contributed by atoms with E-state index in [-0.39, 0.29) is 29.0 Å². The van der Waals surface area contributed by atoms with Crippen LogP contribution < -0.4 is 10.6 Å². The van der Waals surface area contributed by atoms with Gasteiger partial charge in [-0.15, -0.1) is 6.58 Å². The predicted octanol–water partition coefficient (Wildman–Crippen LogP) is 4.49. The van der Waals surface area contributed by atoms with Crippen molar-refractivity contribution < 1.29 is 19.8 Å². The number of carbonyl (C=O) groups is 2. The molecule has 1 aromatic carbocycles. The maximum atomic E-state index is 13.2. The van der Waals surface area contributed by atoms with Crippen LogP contribution in [0.5, 0.6) is 0 Å². The molecule has 1 saturated carbocycles. The number of hydrogen-bond acceptors (Lipinski definition) is 5. The van der Waals surface area contributed by atoms with E-state index in [0.29, 0.717) is 24.5 Å². The van der Waals surface area contributed by atoms with Crippen LogP contribution in [0, 0.1) is 17.8 Å². The summed E-state index contributed by atoms with van der Waals surface area (Å²) in [6, 6.07) is 9.44. The first-order chi connectivity index (χ1) is 17.5. The first-order valence-electron chi connectivity index (χ1n) is 13.7. The van der Waals surface area contributed by atoms with Gasteiger partial charge in [-0.2, -0.15) is 11.8 Å². The highest BCUT2D eigenvalue weighted by Gasteiger charge is 2.31. The first-order valence-corrected chi connectivity index (χ1v) is 14.7. The number of amides is 2. The molecule has 5 atom stereocenters. The topological polar surface area (TPSA) is 98.7 Å². The monoisotopic (exact) mass is 532 g/mol. The van der Waals surface area contributed by atoms with Crippen LogP contribution in [-0.4, -0.2) is 57.3 Å². The second kappa shape index (κ2) is 15.6. The van der Waals surface area contributed by atoms with E-state index in [1.807, 2.05) is 30.3 Å². The predicted molar refractivity (Wildman–Crippen MR) is 153 cm³/mol. The second-order valence-corrected chi connectivity index (χ2v) is 13.4. The van der Waals surface area contributed by atoms with Gasteiger partial charge in [0.15, 0.2) is 0 Å². The molecular formula is C30H48N2O4S. The highest BCUT2D eigenvalue weighted by atomic mass is 32.2. The molecule has 0 heterocycles. The van der Waals surface area contributed by atoms with Gasteiger partial charge in [-0.1, -0.05) is 96.2 Å². The third-order valence-electron chi connectivity index (χ3n) is 7.09. The van der Waals surface area contributed by atoms with Gasteiger partial charge in [0.05, 0.1) is 24.0 Å². The number of thioether (sulfide) groups is 1. The Bertz CT molecular complexity index is 836. The number of hydrogen-bond donors (Lipinski definition) is 4. The summed E-state index contributed by atoms with van der Waals surface area (Å²) in [5, 5.41) is 26.8. The minimum Gasteiger partial charge on any atom is -0.388 e. The average Bonchev–Trinajstić information content (AvgIpc) is 2.88. The number of benzene rings is 1. The van der Waals surface area contributed by atoms with E-state index in [1.54, 1.807) is 18.7 Å². The smallest absolute Gasteiger partial charge is 0.224 e. The minimum absolute atomic E-state index is 0.0482. The molecule has 0 radical (unpaired) electrons. The van der Waals surface area contributed by atoms with E-state index in [9.17, 15) is 19.8 Å². The van der Waals surface area contributed by atoms with Gasteiger partial charge >= 0.3 is 0 Å². The summed E-state index contributed by atoms with van der Waals surface area (Å²) in [7, 11) is 0. The first kappa shape index (κ1) is 31.4. The highest BCUT2D eigenvalue weighted by Crippen LogP contribution is 2.29. The van der Waals surface area contributed by atoms with Crippen molar-refractivity contribution >= 4 is 23.6 Å². The second-order valence-electron chi connectivity index (χ2n) is 11.5. The molecule has 0 saturated heterocycles. The van der Waals surface area contributed by atoms with Crippen LogP contribution in [0.2, 0.25) is 0 Å². The molecule has 7 heteroatoms. The SMILES string of the molecule is C=C[C@H](O)[C@H](O)[C@H](CC1CCCCC1)NC(=O)[C@H](C)CNC(=O)[C@@H](CSC(C)(C)C)Cc1ccccc1. The quantitative estimate of drug-likeness (QED) is 0.265. The molecule has 0 aromatic heterocycles. The molecule has 0 spiro atoms. The third kappa shape index (κ3) is 11.6. The largest absolute Gasteiger partial charge is 0.388 e. The maximum absolute atomic E-state index is 13.2. The van der Waals surface area contributed by atoms with Gasteiger partial charge in [0.1, 0.15) is 6.10 Å². The van der Waals surface area contributed by atoms with Crippen LogP contribution >= 0.6 is 11.8 Å². The van der Waals surface area contributed by atoms with Crippen LogP contribution in [0.25, 0.3) is 0 Å². The lowest BCUT2D eigenvalue weighted by molar-refractivity contribution is -0.128. The Hall–Kier alpha value is -1.83. The fourth-order valence-corrected chi connectivity index (χ4v) is 5.71. The Morgan fingerprint density at radius 2 is 1.76 bits per heavy atom. The Labute approximate surface area is 228 Å². The van der Waals surface area contributed by atoms with Crippen molar-refractivity contribution in [2.24, 2.45) is 17.8 Å². The molecule has 0 unspecified atom stereocenters. The Kier molecular flexibility index (Phi) is 13.2. The van der Waals surface area contributed by atoms with Gasteiger partial charge in [0.2, 0.25) is 11.8 Å². The standard InChI is InChI=1S/C30H48N2O4S/c1-6-26(33)27(34)25(18-23-15-11-8-12-16-23)32-28(35)21(2)19-31-29(36)24(20-37-30(3,4)5)17-22-13-9-7-10-14-22/h6-7,9-10,13-14,21,23-27,33-34H,1,8,11-12,15-20H2,2-5H3,(H,31,36)(H,32,35)/t21-,24-,25+,26+,27-/m1/s1. The van der Waals surface area contributed by atoms with E-state index >= 15 is 0 Å². The average molecular weight is 533 g/mol. The number of rotatable bonds is 14. The molecule has 2 rings (SSSR count). The molecule has 4 N–H and O–H groups in total. The molecule has 208 valence electrons. The molecule has 1 aromatic rings. The summed E-state index contributed by atoms with van der Waals surface area (Å²) in [4.78, 5) is 26.2. The minimum atomic E-state index is -1.12.